The van der Waals surface area contributed by atoms with Gasteiger partial charge in [0, 0.05) is 30.6 Å². The van der Waals surface area contributed by atoms with Crippen LogP contribution in [0.2, 0.25) is 0 Å². The first-order valence-electron chi connectivity index (χ1n) is 7.99. The third-order valence-corrected chi connectivity index (χ3v) is 4.80. The largest absolute Gasteiger partial charge is 0.375 e. The van der Waals surface area contributed by atoms with Gasteiger partial charge in [-0.15, -0.1) is 0 Å². The Bertz CT molecular complexity index is 504. The molecule has 0 N–H and O–H groups in total. The maximum absolute atomic E-state index is 4.46. The molecule has 0 saturated heterocycles. The van der Waals surface area contributed by atoms with Crippen LogP contribution in [0.4, 0.5) is 0 Å². The van der Waals surface area contributed by atoms with Crippen LogP contribution in [0.15, 0.2) is 52.9 Å². The van der Waals surface area contributed by atoms with E-state index in [2.05, 4.69) is 67.3 Å². The highest BCUT2D eigenvalue weighted by Gasteiger charge is 2.26. The Morgan fingerprint density at radius 2 is 2.00 bits per heavy atom. The van der Waals surface area contributed by atoms with Crippen LogP contribution in [0, 0.1) is 5.92 Å². The van der Waals surface area contributed by atoms with E-state index in [1.165, 1.54) is 29.7 Å². The Morgan fingerprint density at radius 3 is 2.57 bits per heavy atom. The van der Waals surface area contributed by atoms with Gasteiger partial charge in [0.15, 0.2) is 0 Å². The summed E-state index contributed by atoms with van der Waals surface area (Å²) in [5, 5.41) is 4.44. The van der Waals surface area contributed by atoms with Gasteiger partial charge in [-0.2, -0.15) is 11.3 Å². The number of thiophene rings is 1. The van der Waals surface area contributed by atoms with E-state index >= 15 is 0 Å². The SMILES string of the molecule is C=C(C1C=C(C)C=CC1c1ccsc1)N(CCC)CCC. The fourth-order valence-electron chi connectivity index (χ4n) is 3.05. The lowest BCUT2D eigenvalue weighted by molar-refractivity contribution is 0.310. The summed E-state index contributed by atoms with van der Waals surface area (Å²) < 4.78 is 0. The summed E-state index contributed by atoms with van der Waals surface area (Å²) in [6, 6.07) is 2.25. The first-order chi connectivity index (χ1) is 10.2. The van der Waals surface area contributed by atoms with Gasteiger partial charge in [0.2, 0.25) is 0 Å². The maximum atomic E-state index is 4.46. The molecule has 1 aromatic heterocycles. The molecule has 0 aromatic carbocycles. The number of hydrogen-bond acceptors (Lipinski definition) is 2. The summed E-state index contributed by atoms with van der Waals surface area (Å²) in [4.78, 5) is 2.48. The van der Waals surface area contributed by atoms with Crippen LogP contribution in [0.3, 0.4) is 0 Å². The highest BCUT2D eigenvalue weighted by molar-refractivity contribution is 7.08. The second kappa shape index (κ2) is 7.65. The van der Waals surface area contributed by atoms with Gasteiger partial charge >= 0.3 is 0 Å². The molecule has 0 radical (unpaired) electrons. The quantitative estimate of drug-likeness (QED) is 0.633. The van der Waals surface area contributed by atoms with Crippen LogP contribution >= 0.6 is 11.3 Å². The normalized spacial score (nSPS) is 21.2. The minimum absolute atomic E-state index is 0.391. The Kier molecular flexibility index (Phi) is 5.86. The molecule has 0 fully saturated rings. The van der Waals surface area contributed by atoms with Crippen LogP contribution in [0.5, 0.6) is 0 Å². The van der Waals surface area contributed by atoms with Crippen LogP contribution < -0.4 is 0 Å². The van der Waals surface area contributed by atoms with Crippen molar-refractivity contribution in [2.24, 2.45) is 5.92 Å². The van der Waals surface area contributed by atoms with Crippen molar-refractivity contribution in [1.82, 2.24) is 4.90 Å². The molecule has 2 rings (SSSR count). The molecule has 1 heterocycles. The Hall–Kier alpha value is -1.28. The van der Waals surface area contributed by atoms with Crippen molar-refractivity contribution in [2.45, 2.75) is 39.5 Å². The van der Waals surface area contributed by atoms with Gasteiger partial charge in [0.25, 0.3) is 0 Å². The molecule has 0 amide bonds. The molecule has 114 valence electrons. The van der Waals surface area contributed by atoms with Gasteiger partial charge in [0.05, 0.1) is 0 Å². The fourth-order valence-corrected chi connectivity index (χ4v) is 3.76. The van der Waals surface area contributed by atoms with Gasteiger partial charge in [-0.1, -0.05) is 44.2 Å². The maximum Gasteiger partial charge on any atom is 0.0272 e. The van der Waals surface area contributed by atoms with E-state index in [0.29, 0.717) is 11.8 Å². The van der Waals surface area contributed by atoms with Crippen molar-refractivity contribution < 1.29 is 0 Å². The third-order valence-electron chi connectivity index (χ3n) is 4.10. The first-order valence-corrected chi connectivity index (χ1v) is 8.94. The number of rotatable bonds is 7. The minimum Gasteiger partial charge on any atom is -0.375 e. The van der Waals surface area contributed by atoms with Crippen molar-refractivity contribution in [3.8, 4) is 0 Å². The average Bonchev–Trinajstić information content (AvgIpc) is 3.00. The molecule has 2 unspecified atom stereocenters. The molecule has 0 aliphatic heterocycles. The summed E-state index contributed by atoms with van der Waals surface area (Å²) in [5.41, 5.74) is 4.04. The van der Waals surface area contributed by atoms with Crippen molar-refractivity contribution in [2.75, 3.05) is 13.1 Å². The monoisotopic (exact) mass is 301 g/mol. The summed E-state index contributed by atoms with van der Waals surface area (Å²) in [5.74, 6) is 0.825. The van der Waals surface area contributed by atoms with Crippen LogP contribution in [-0.4, -0.2) is 18.0 Å². The Balaban J connectivity index is 2.24. The van der Waals surface area contributed by atoms with Crippen molar-refractivity contribution in [3.05, 3.63) is 58.5 Å². The van der Waals surface area contributed by atoms with E-state index in [4.69, 9.17) is 0 Å². The molecule has 0 saturated carbocycles. The van der Waals surface area contributed by atoms with Crippen LogP contribution in [-0.2, 0) is 0 Å². The smallest absolute Gasteiger partial charge is 0.0272 e. The van der Waals surface area contributed by atoms with Crippen molar-refractivity contribution >= 4 is 11.3 Å². The average molecular weight is 301 g/mol. The first kappa shape index (κ1) is 16.1. The van der Waals surface area contributed by atoms with E-state index in [1.54, 1.807) is 11.3 Å². The van der Waals surface area contributed by atoms with Gasteiger partial charge in [-0.25, -0.2) is 0 Å². The molecular formula is C19H27NS. The zero-order valence-corrected chi connectivity index (χ0v) is 14.3. The molecule has 2 heteroatoms. The van der Waals surface area contributed by atoms with Gasteiger partial charge in [-0.05, 0) is 42.2 Å². The van der Waals surface area contributed by atoms with E-state index in [9.17, 15) is 0 Å². The highest BCUT2D eigenvalue weighted by Crippen LogP contribution is 2.38. The van der Waals surface area contributed by atoms with Crippen LogP contribution in [0.1, 0.15) is 45.1 Å². The molecule has 2 atom stereocenters. The molecule has 1 aliphatic rings. The van der Waals surface area contributed by atoms with Crippen LogP contribution in [0.25, 0.3) is 0 Å². The third kappa shape index (κ3) is 3.88. The number of nitrogens with zero attached hydrogens (tertiary/aromatic N) is 1. The molecule has 1 aromatic rings. The fraction of sp³-hybridized carbons (Fsp3) is 0.474. The molecule has 0 bridgehead atoms. The lowest BCUT2D eigenvalue weighted by atomic mass is 9.80. The molecule has 1 nitrogen and oxygen atoms in total. The lowest BCUT2D eigenvalue weighted by Gasteiger charge is -2.35. The standard InChI is InChI=1S/C19H27NS/c1-5-10-20(11-6-2)16(4)19-13-15(3)7-8-18(19)17-9-12-21-14-17/h7-9,12-14,18-19H,4-6,10-11H2,1-3H3. The van der Waals surface area contributed by atoms with Gasteiger partial charge in [0.1, 0.15) is 0 Å². The van der Waals surface area contributed by atoms with Gasteiger partial charge < -0.3 is 4.90 Å². The van der Waals surface area contributed by atoms with Crippen molar-refractivity contribution in [1.29, 1.82) is 0 Å². The number of hydrogen-bond donors (Lipinski definition) is 0. The van der Waals surface area contributed by atoms with E-state index in [-0.39, 0.29) is 0 Å². The lowest BCUT2D eigenvalue weighted by Crippen LogP contribution is -2.30. The summed E-state index contributed by atoms with van der Waals surface area (Å²) in [6.07, 6.45) is 9.34. The second-order valence-electron chi connectivity index (χ2n) is 5.86. The molecule has 21 heavy (non-hydrogen) atoms. The van der Waals surface area contributed by atoms with Gasteiger partial charge in [-0.3, -0.25) is 0 Å². The Morgan fingerprint density at radius 1 is 1.29 bits per heavy atom. The second-order valence-corrected chi connectivity index (χ2v) is 6.64. The summed E-state index contributed by atoms with van der Waals surface area (Å²) in [7, 11) is 0. The molecular weight excluding hydrogens is 274 g/mol. The summed E-state index contributed by atoms with van der Waals surface area (Å²) >= 11 is 1.78. The number of allylic oxidation sites excluding steroid dienone is 4. The molecule has 1 aliphatic carbocycles. The minimum atomic E-state index is 0.391. The van der Waals surface area contributed by atoms with E-state index in [0.717, 1.165) is 13.1 Å². The van der Waals surface area contributed by atoms with E-state index in [1.807, 2.05) is 0 Å². The highest BCUT2D eigenvalue weighted by atomic mass is 32.1. The topological polar surface area (TPSA) is 3.24 Å². The van der Waals surface area contributed by atoms with Crippen molar-refractivity contribution in [3.63, 3.8) is 0 Å². The predicted molar refractivity (Wildman–Crippen MR) is 94.7 cm³/mol. The zero-order chi connectivity index (χ0) is 15.2. The van der Waals surface area contributed by atoms with E-state index < -0.39 is 0 Å². The molecule has 0 spiro atoms. The zero-order valence-electron chi connectivity index (χ0n) is 13.5. The summed E-state index contributed by atoms with van der Waals surface area (Å²) in [6.45, 7) is 13.3. The predicted octanol–water partition coefficient (Wildman–Crippen LogP) is 5.60. The Labute approximate surface area is 133 Å².